The second-order valence-electron chi connectivity index (χ2n) is 5.55. The number of rotatable bonds is 8. The summed E-state index contributed by atoms with van der Waals surface area (Å²) in [4.78, 5) is 12.1. The Morgan fingerprint density at radius 2 is 1.72 bits per heavy atom. The molecular weight excluding hydrogens is 314 g/mol. The van der Waals surface area contributed by atoms with Crippen LogP contribution in [-0.4, -0.2) is 19.1 Å². The first-order chi connectivity index (χ1) is 12.1. The molecule has 0 heterocycles. The van der Waals surface area contributed by atoms with Crippen LogP contribution in [0.15, 0.2) is 54.6 Å². The Labute approximate surface area is 149 Å². The summed E-state index contributed by atoms with van der Waals surface area (Å²) in [6.45, 7) is 6.96. The molecule has 0 aliphatic heterocycles. The Morgan fingerprint density at radius 3 is 2.40 bits per heavy atom. The predicted octanol–water partition coefficient (Wildman–Crippen LogP) is 4.37. The summed E-state index contributed by atoms with van der Waals surface area (Å²) in [5.41, 5.74) is 1.96. The van der Waals surface area contributed by atoms with Crippen LogP contribution >= 0.6 is 0 Å². The average molecular weight is 339 g/mol. The minimum Gasteiger partial charge on any atom is -0.490 e. The smallest absolute Gasteiger partial charge is 0.244 e. The van der Waals surface area contributed by atoms with Gasteiger partial charge in [0.05, 0.1) is 19.3 Å². The molecule has 25 heavy (non-hydrogen) atoms. The van der Waals surface area contributed by atoms with Crippen molar-refractivity contribution in [3.63, 3.8) is 0 Å². The van der Waals surface area contributed by atoms with Crippen molar-refractivity contribution in [2.75, 3.05) is 13.2 Å². The quantitative estimate of drug-likeness (QED) is 0.726. The highest BCUT2D eigenvalue weighted by Crippen LogP contribution is 2.29. The zero-order chi connectivity index (χ0) is 18.1. The number of carbonyl (C=O) groups excluding carboxylic acids is 1. The number of nitrogens with one attached hydrogen (secondary N) is 1. The minimum absolute atomic E-state index is 0.0438. The van der Waals surface area contributed by atoms with Crippen LogP contribution in [-0.2, 0) is 4.79 Å². The third-order valence-corrected chi connectivity index (χ3v) is 3.65. The molecule has 1 N–H and O–H groups in total. The molecule has 0 aliphatic rings. The summed E-state index contributed by atoms with van der Waals surface area (Å²) >= 11 is 0. The van der Waals surface area contributed by atoms with Gasteiger partial charge in [-0.3, -0.25) is 4.79 Å². The van der Waals surface area contributed by atoms with E-state index in [9.17, 15) is 4.79 Å². The predicted molar refractivity (Wildman–Crippen MR) is 101 cm³/mol. The van der Waals surface area contributed by atoms with Crippen LogP contribution in [0.4, 0.5) is 0 Å². The minimum atomic E-state index is -0.136. The number of ether oxygens (including phenoxy) is 2. The van der Waals surface area contributed by atoms with Crippen LogP contribution in [0.1, 0.15) is 37.9 Å². The first-order valence-corrected chi connectivity index (χ1v) is 8.57. The molecule has 132 valence electrons. The Morgan fingerprint density at radius 1 is 1.04 bits per heavy atom. The van der Waals surface area contributed by atoms with Crippen LogP contribution in [0.3, 0.4) is 0 Å². The van der Waals surface area contributed by atoms with Crippen LogP contribution in [0.25, 0.3) is 6.08 Å². The first-order valence-electron chi connectivity index (χ1n) is 8.57. The molecule has 0 saturated carbocycles. The van der Waals surface area contributed by atoms with Gasteiger partial charge in [-0.1, -0.05) is 36.4 Å². The highest BCUT2D eigenvalue weighted by Gasteiger charge is 2.07. The first kappa shape index (κ1) is 18.6. The van der Waals surface area contributed by atoms with Crippen molar-refractivity contribution in [1.29, 1.82) is 0 Å². The van der Waals surface area contributed by atoms with E-state index >= 15 is 0 Å². The van der Waals surface area contributed by atoms with Gasteiger partial charge < -0.3 is 14.8 Å². The number of hydrogen-bond acceptors (Lipinski definition) is 3. The Bertz CT molecular complexity index is 710. The molecule has 4 heteroatoms. The van der Waals surface area contributed by atoms with Crippen molar-refractivity contribution in [3.05, 3.63) is 65.7 Å². The summed E-state index contributed by atoms with van der Waals surface area (Å²) in [5.74, 6) is 1.26. The molecule has 4 nitrogen and oxygen atoms in total. The van der Waals surface area contributed by atoms with Gasteiger partial charge in [-0.15, -0.1) is 0 Å². The van der Waals surface area contributed by atoms with E-state index in [-0.39, 0.29) is 11.9 Å². The van der Waals surface area contributed by atoms with E-state index in [0.29, 0.717) is 24.7 Å². The van der Waals surface area contributed by atoms with E-state index in [1.807, 2.05) is 69.3 Å². The second kappa shape index (κ2) is 9.52. The lowest BCUT2D eigenvalue weighted by molar-refractivity contribution is -0.117. The fraction of sp³-hybridized carbons (Fsp3) is 0.286. The fourth-order valence-corrected chi connectivity index (χ4v) is 2.43. The summed E-state index contributed by atoms with van der Waals surface area (Å²) in [5, 5.41) is 2.96. The van der Waals surface area contributed by atoms with E-state index in [1.54, 1.807) is 6.08 Å². The van der Waals surface area contributed by atoms with Gasteiger partial charge in [0.1, 0.15) is 0 Å². The monoisotopic (exact) mass is 339 g/mol. The van der Waals surface area contributed by atoms with Crippen LogP contribution < -0.4 is 14.8 Å². The standard InChI is InChI=1S/C21H25NO3/c1-4-24-19-13-11-17(15-20(19)25-5-2)12-14-21(23)22-16(3)18-9-7-6-8-10-18/h6-16H,4-5H2,1-3H3,(H,22,23)/b14-12+/t16-/m1/s1. The third-order valence-electron chi connectivity index (χ3n) is 3.65. The van der Waals surface area contributed by atoms with Crippen LogP contribution in [0.5, 0.6) is 11.5 Å². The summed E-state index contributed by atoms with van der Waals surface area (Å²) in [7, 11) is 0. The van der Waals surface area contributed by atoms with Crippen LogP contribution in [0, 0.1) is 0 Å². The maximum absolute atomic E-state index is 12.1. The van der Waals surface area contributed by atoms with Gasteiger partial charge >= 0.3 is 0 Å². The molecule has 1 amide bonds. The second-order valence-corrected chi connectivity index (χ2v) is 5.55. The summed E-state index contributed by atoms with van der Waals surface area (Å²) < 4.78 is 11.1. The van der Waals surface area contributed by atoms with Crippen molar-refractivity contribution in [2.45, 2.75) is 26.8 Å². The molecule has 0 unspecified atom stereocenters. The summed E-state index contributed by atoms with van der Waals surface area (Å²) in [6.07, 6.45) is 3.30. The lowest BCUT2D eigenvalue weighted by Crippen LogP contribution is -2.24. The van der Waals surface area contributed by atoms with E-state index in [2.05, 4.69) is 5.32 Å². The lowest BCUT2D eigenvalue weighted by atomic mass is 10.1. The molecule has 0 fully saturated rings. The van der Waals surface area contributed by atoms with Crippen LogP contribution in [0.2, 0.25) is 0 Å². The molecule has 0 radical (unpaired) electrons. The molecule has 2 aromatic rings. The van der Waals surface area contributed by atoms with E-state index in [0.717, 1.165) is 11.1 Å². The number of carbonyl (C=O) groups is 1. The number of amides is 1. The van der Waals surface area contributed by atoms with Crippen molar-refractivity contribution in [2.24, 2.45) is 0 Å². The molecule has 0 spiro atoms. The highest BCUT2D eigenvalue weighted by molar-refractivity contribution is 5.92. The summed E-state index contributed by atoms with van der Waals surface area (Å²) in [6, 6.07) is 15.5. The zero-order valence-electron chi connectivity index (χ0n) is 15.0. The molecule has 0 aliphatic carbocycles. The molecular formula is C21H25NO3. The van der Waals surface area contributed by atoms with Gasteiger partial charge in [0.2, 0.25) is 5.91 Å². The van der Waals surface area contributed by atoms with Gasteiger partial charge in [0, 0.05) is 6.08 Å². The Balaban J connectivity index is 2.02. The number of benzene rings is 2. The van der Waals surface area contributed by atoms with E-state index < -0.39 is 0 Å². The largest absolute Gasteiger partial charge is 0.490 e. The van der Waals surface area contributed by atoms with Crippen molar-refractivity contribution < 1.29 is 14.3 Å². The van der Waals surface area contributed by atoms with Gasteiger partial charge in [-0.2, -0.15) is 0 Å². The van der Waals surface area contributed by atoms with Gasteiger partial charge in [0.25, 0.3) is 0 Å². The van der Waals surface area contributed by atoms with Gasteiger partial charge in [-0.05, 0) is 50.1 Å². The molecule has 0 aromatic heterocycles. The number of hydrogen-bond donors (Lipinski definition) is 1. The maximum atomic E-state index is 12.1. The van der Waals surface area contributed by atoms with Gasteiger partial charge in [-0.25, -0.2) is 0 Å². The third kappa shape index (κ3) is 5.68. The van der Waals surface area contributed by atoms with Gasteiger partial charge in [0.15, 0.2) is 11.5 Å². The zero-order valence-corrected chi connectivity index (χ0v) is 15.0. The average Bonchev–Trinajstić information content (AvgIpc) is 2.63. The fourth-order valence-electron chi connectivity index (χ4n) is 2.43. The Hall–Kier alpha value is -2.75. The van der Waals surface area contributed by atoms with Crippen molar-refractivity contribution in [3.8, 4) is 11.5 Å². The normalized spacial score (nSPS) is 12.0. The molecule has 0 saturated heterocycles. The Kier molecular flexibility index (Phi) is 7.08. The molecule has 0 bridgehead atoms. The van der Waals surface area contributed by atoms with Crippen molar-refractivity contribution >= 4 is 12.0 Å². The molecule has 2 aromatic carbocycles. The topological polar surface area (TPSA) is 47.6 Å². The maximum Gasteiger partial charge on any atom is 0.244 e. The molecule has 2 rings (SSSR count). The van der Waals surface area contributed by atoms with E-state index in [4.69, 9.17) is 9.47 Å². The molecule has 1 atom stereocenters. The SMILES string of the molecule is CCOc1ccc(/C=C/C(=O)N[C@H](C)c2ccccc2)cc1OCC. The lowest BCUT2D eigenvalue weighted by Gasteiger charge is -2.13. The highest BCUT2D eigenvalue weighted by atomic mass is 16.5. The van der Waals surface area contributed by atoms with Crippen molar-refractivity contribution in [1.82, 2.24) is 5.32 Å². The van der Waals surface area contributed by atoms with E-state index in [1.165, 1.54) is 6.08 Å².